The van der Waals surface area contributed by atoms with Gasteiger partial charge in [-0.15, -0.1) is 0 Å². The van der Waals surface area contributed by atoms with Crippen LogP contribution in [0.25, 0.3) is 0 Å². The smallest absolute Gasteiger partial charge is 0.302 e. The topological polar surface area (TPSA) is 72.9 Å². The van der Waals surface area contributed by atoms with Crippen LogP contribution in [-0.2, 0) is 23.9 Å². The van der Waals surface area contributed by atoms with Crippen molar-refractivity contribution in [3.05, 3.63) is 48.0 Å². The number of esters is 1. The summed E-state index contributed by atoms with van der Waals surface area (Å²) < 4.78 is 10.8. The predicted molar refractivity (Wildman–Crippen MR) is 89.2 cm³/mol. The van der Waals surface area contributed by atoms with Crippen molar-refractivity contribution >= 4 is 17.8 Å². The Morgan fingerprint density at radius 1 is 1.12 bits per heavy atom. The van der Waals surface area contributed by atoms with E-state index >= 15 is 0 Å². The largest absolute Gasteiger partial charge is 0.463 e. The van der Waals surface area contributed by atoms with Gasteiger partial charge in [0.2, 0.25) is 11.8 Å². The molecule has 3 aliphatic rings. The number of nitrogens with zero attached hydrogens (tertiary/aromatic N) is 1. The van der Waals surface area contributed by atoms with E-state index < -0.39 is 23.8 Å². The van der Waals surface area contributed by atoms with E-state index in [1.54, 1.807) is 0 Å². The summed E-state index contributed by atoms with van der Waals surface area (Å²) in [5, 5.41) is 0. The van der Waals surface area contributed by atoms with Gasteiger partial charge in [-0.1, -0.05) is 49.9 Å². The second-order valence-electron chi connectivity index (χ2n) is 6.28. The fourth-order valence-electron chi connectivity index (χ4n) is 3.83. The molecule has 5 atom stereocenters. The number of rotatable bonds is 4. The number of hydrogen-bond acceptors (Lipinski definition) is 5. The van der Waals surface area contributed by atoms with Gasteiger partial charge in [0.05, 0.1) is 30.1 Å². The molecule has 0 N–H and O–H groups in total. The minimum absolute atomic E-state index is 0. The molecule has 0 aliphatic carbocycles. The molecular formula is C19H21NO5. The molecule has 132 valence electrons. The maximum absolute atomic E-state index is 12.9. The summed E-state index contributed by atoms with van der Waals surface area (Å²) in [4.78, 5) is 38.3. The first-order chi connectivity index (χ1) is 11.6. The summed E-state index contributed by atoms with van der Waals surface area (Å²) in [7, 11) is 0. The fourth-order valence-corrected chi connectivity index (χ4v) is 3.83. The van der Waals surface area contributed by atoms with Crippen LogP contribution < -0.4 is 0 Å². The van der Waals surface area contributed by atoms with Gasteiger partial charge in [0.25, 0.3) is 0 Å². The van der Waals surface area contributed by atoms with E-state index in [0.717, 1.165) is 5.56 Å². The zero-order valence-corrected chi connectivity index (χ0v) is 13.1. The molecule has 6 heteroatoms. The summed E-state index contributed by atoms with van der Waals surface area (Å²) in [6.07, 6.45) is 3.05. The number of amides is 2. The van der Waals surface area contributed by atoms with Crippen molar-refractivity contribution in [1.29, 1.82) is 0 Å². The van der Waals surface area contributed by atoms with Crippen LogP contribution in [0.5, 0.6) is 0 Å². The highest BCUT2D eigenvalue weighted by Gasteiger charge is 2.61. The first-order valence-corrected chi connectivity index (χ1v) is 7.97. The Balaban J connectivity index is 0.00000182. The summed E-state index contributed by atoms with van der Waals surface area (Å²) in [5.41, 5.74) is 0.765. The molecule has 3 unspecified atom stereocenters. The Morgan fingerprint density at radius 3 is 2.20 bits per heavy atom. The Kier molecular flexibility index (Phi) is 4.47. The highest BCUT2D eigenvalue weighted by molar-refractivity contribution is 6.07. The lowest BCUT2D eigenvalue weighted by Crippen LogP contribution is -2.40. The number of benzene rings is 1. The molecule has 0 radical (unpaired) electrons. The SMILES string of the molecule is C.CC(=O)OC[C@H](c1ccccc1)N1C(=O)C2C3C=CC(O3)[C@H]2C1=O. The second-order valence-corrected chi connectivity index (χ2v) is 6.28. The molecule has 6 nitrogen and oxygen atoms in total. The van der Waals surface area contributed by atoms with Crippen molar-refractivity contribution in [2.24, 2.45) is 11.8 Å². The molecule has 1 aromatic rings. The van der Waals surface area contributed by atoms with E-state index in [0.29, 0.717) is 0 Å². The summed E-state index contributed by atoms with van der Waals surface area (Å²) in [6, 6.07) is 8.55. The van der Waals surface area contributed by atoms with Gasteiger partial charge < -0.3 is 9.47 Å². The maximum atomic E-state index is 12.9. The van der Waals surface area contributed by atoms with E-state index in [2.05, 4.69) is 0 Å². The minimum Gasteiger partial charge on any atom is -0.463 e. The third kappa shape index (κ3) is 2.66. The maximum Gasteiger partial charge on any atom is 0.302 e. The molecule has 3 aliphatic heterocycles. The molecule has 4 rings (SSSR count). The van der Waals surface area contributed by atoms with Crippen molar-refractivity contribution in [3.63, 3.8) is 0 Å². The quantitative estimate of drug-likeness (QED) is 0.474. The van der Waals surface area contributed by atoms with Gasteiger partial charge in [0, 0.05) is 6.92 Å². The average Bonchev–Trinajstić information content (AvgIpc) is 3.25. The van der Waals surface area contributed by atoms with E-state index in [-0.39, 0.29) is 38.1 Å². The highest BCUT2D eigenvalue weighted by Crippen LogP contribution is 2.47. The van der Waals surface area contributed by atoms with Gasteiger partial charge in [0.1, 0.15) is 6.61 Å². The van der Waals surface area contributed by atoms with Gasteiger partial charge in [-0.3, -0.25) is 19.3 Å². The Hall–Kier alpha value is -2.47. The number of ether oxygens (including phenoxy) is 2. The molecule has 2 bridgehead atoms. The van der Waals surface area contributed by atoms with Crippen LogP contribution in [0.15, 0.2) is 42.5 Å². The molecule has 2 fully saturated rings. The zero-order valence-electron chi connectivity index (χ0n) is 13.1. The Labute approximate surface area is 146 Å². The monoisotopic (exact) mass is 343 g/mol. The van der Waals surface area contributed by atoms with Gasteiger partial charge in [-0.25, -0.2) is 0 Å². The molecular weight excluding hydrogens is 322 g/mol. The average molecular weight is 343 g/mol. The second kappa shape index (κ2) is 6.44. The number of fused-ring (bicyclic) bond motifs is 5. The number of carbonyl (C=O) groups is 3. The van der Waals surface area contributed by atoms with Crippen LogP contribution in [0, 0.1) is 11.8 Å². The van der Waals surface area contributed by atoms with Crippen LogP contribution in [0.1, 0.15) is 26.0 Å². The van der Waals surface area contributed by atoms with E-state index in [4.69, 9.17) is 9.47 Å². The number of imide groups is 1. The molecule has 0 spiro atoms. The molecule has 0 saturated carbocycles. The van der Waals surface area contributed by atoms with E-state index in [9.17, 15) is 14.4 Å². The van der Waals surface area contributed by atoms with Crippen molar-refractivity contribution in [3.8, 4) is 0 Å². The lowest BCUT2D eigenvalue weighted by Gasteiger charge is -2.27. The molecule has 2 saturated heterocycles. The molecule has 1 aromatic carbocycles. The molecule has 25 heavy (non-hydrogen) atoms. The molecule has 2 amide bonds. The van der Waals surface area contributed by atoms with Crippen LogP contribution in [-0.4, -0.2) is 41.5 Å². The lowest BCUT2D eigenvalue weighted by atomic mass is 9.85. The van der Waals surface area contributed by atoms with Gasteiger partial charge in [0.15, 0.2) is 0 Å². The van der Waals surface area contributed by atoms with Crippen LogP contribution in [0.3, 0.4) is 0 Å². The van der Waals surface area contributed by atoms with Crippen LogP contribution in [0.2, 0.25) is 0 Å². The summed E-state index contributed by atoms with van der Waals surface area (Å²) in [6.45, 7) is 1.27. The minimum atomic E-state index is -0.611. The number of likely N-dealkylation sites (tertiary alicyclic amines) is 1. The predicted octanol–water partition coefficient (Wildman–Crippen LogP) is 1.87. The van der Waals surface area contributed by atoms with Crippen molar-refractivity contribution in [1.82, 2.24) is 4.90 Å². The zero-order chi connectivity index (χ0) is 16.8. The van der Waals surface area contributed by atoms with Gasteiger partial charge in [-0.2, -0.15) is 0 Å². The van der Waals surface area contributed by atoms with E-state index in [1.165, 1.54) is 11.8 Å². The van der Waals surface area contributed by atoms with E-state index in [1.807, 2.05) is 42.5 Å². The third-order valence-corrected chi connectivity index (χ3v) is 4.89. The van der Waals surface area contributed by atoms with Crippen molar-refractivity contribution in [2.45, 2.75) is 32.6 Å². The highest BCUT2D eigenvalue weighted by atomic mass is 16.5. The van der Waals surface area contributed by atoms with Gasteiger partial charge >= 0.3 is 5.97 Å². The van der Waals surface area contributed by atoms with Gasteiger partial charge in [-0.05, 0) is 5.56 Å². The van der Waals surface area contributed by atoms with Crippen molar-refractivity contribution in [2.75, 3.05) is 6.61 Å². The van der Waals surface area contributed by atoms with Crippen LogP contribution >= 0.6 is 0 Å². The summed E-state index contributed by atoms with van der Waals surface area (Å²) >= 11 is 0. The Bertz CT molecular complexity index is 699. The molecule has 3 heterocycles. The first kappa shape index (κ1) is 17.4. The number of hydrogen-bond donors (Lipinski definition) is 0. The fraction of sp³-hybridized carbons (Fsp3) is 0.421. The number of carbonyl (C=O) groups excluding carboxylic acids is 3. The molecule has 0 aromatic heterocycles. The van der Waals surface area contributed by atoms with Crippen molar-refractivity contribution < 1.29 is 23.9 Å². The first-order valence-electron chi connectivity index (χ1n) is 7.97. The van der Waals surface area contributed by atoms with Crippen LogP contribution in [0.4, 0.5) is 0 Å². The standard InChI is InChI=1S/C18H17NO5.CH4/c1-10(20)23-9-12(11-5-3-2-4-6-11)19-17(21)15-13-7-8-14(24-13)16(15)18(19)22;/h2-8,12-16H,9H2,1H3;1H4/t12-,13?,14?,15-,16?;/m1./s1. The summed E-state index contributed by atoms with van der Waals surface area (Å²) in [5.74, 6) is -1.86. The normalized spacial score (nSPS) is 30.2. The third-order valence-electron chi connectivity index (χ3n) is 4.89. The Morgan fingerprint density at radius 2 is 1.68 bits per heavy atom. The lowest BCUT2D eigenvalue weighted by molar-refractivity contribution is -0.152.